The van der Waals surface area contributed by atoms with Crippen LogP contribution in [0.3, 0.4) is 0 Å². The molecule has 4 aromatic rings. The number of hydrogen-bond acceptors (Lipinski definition) is 8. The van der Waals surface area contributed by atoms with Crippen molar-refractivity contribution in [2.45, 2.75) is 37.5 Å². The molecule has 2 N–H and O–H groups in total. The van der Waals surface area contributed by atoms with Gasteiger partial charge >= 0.3 is 20.2 Å². The molecule has 0 aliphatic heterocycles. The Balaban J connectivity index is 1.60. The summed E-state index contributed by atoms with van der Waals surface area (Å²) in [7, 11) is -5.02. The number of aromatic nitrogens is 6. The molecule has 19 heteroatoms. The number of ether oxygens (including phenoxy) is 2. The lowest BCUT2D eigenvalue weighted by Gasteiger charge is -2.39. The number of hydrogen-bond donors (Lipinski definition) is 2. The summed E-state index contributed by atoms with van der Waals surface area (Å²) >= 11 is 0. The molecule has 0 spiro atoms. The Morgan fingerprint density at radius 1 is 1.07 bits per heavy atom. The highest BCUT2D eigenvalue weighted by molar-refractivity contribution is 7.46. The van der Waals surface area contributed by atoms with Gasteiger partial charge in [-0.15, -0.1) is 0 Å². The molecule has 0 aliphatic rings. The van der Waals surface area contributed by atoms with E-state index in [0.29, 0.717) is 11.6 Å². The van der Waals surface area contributed by atoms with Crippen molar-refractivity contribution in [3.8, 4) is 5.75 Å². The minimum Gasteiger partial charge on any atom is -0.487 e. The molecule has 0 bridgehead atoms. The summed E-state index contributed by atoms with van der Waals surface area (Å²) in [4.78, 5) is 26.4. The van der Waals surface area contributed by atoms with Gasteiger partial charge in [-0.2, -0.15) is 19.0 Å². The monoisotopic (exact) mass is 662 g/mol. The summed E-state index contributed by atoms with van der Waals surface area (Å²) in [5, 5.41) is 8.38. The molecule has 2 heterocycles. The molecule has 12 nitrogen and oxygen atoms in total. The highest BCUT2D eigenvalue weighted by Crippen LogP contribution is 2.42. The minimum atomic E-state index is -5.02. The van der Waals surface area contributed by atoms with E-state index in [-0.39, 0.29) is 23.7 Å². The zero-order chi connectivity index (χ0) is 32.8. The first-order chi connectivity index (χ1) is 21.2. The van der Waals surface area contributed by atoms with Crippen LogP contribution >= 0.6 is 7.82 Å². The lowest BCUT2D eigenvalue weighted by atomic mass is 9.86. The molecule has 0 radical (unpaired) electrons. The Hall–Kier alpha value is -4.09. The van der Waals surface area contributed by atoms with Crippen LogP contribution in [0.25, 0.3) is 12.2 Å². The number of phosphoric acid groups is 1. The van der Waals surface area contributed by atoms with Crippen LogP contribution in [0.2, 0.25) is 0 Å². The van der Waals surface area contributed by atoms with E-state index in [2.05, 4.69) is 24.7 Å². The molecule has 2 aromatic heterocycles. The van der Waals surface area contributed by atoms with Crippen LogP contribution in [-0.2, 0) is 26.0 Å². The lowest BCUT2D eigenvalue weighted by molar-refractivity contribution is -0.153. The SMILES string of the molecule is C[C@@H](n1cnc(/C=C/c2ccc(OCC(F)(F)C(F)F)cc2)n1)[C@@](Cn1cncn1)(OCOP(=O)(O)O)c1ccc(F)cc1F. The van der Waals surface area contributed by atoms with Gasteiger partial charge in [0, 0.05) is 11.6 Å². The predicted molar refractivity (Wildman–Crippen MR) is 144 cm³/mol. The zero-order valence-electron chi connectivity index (χ0n) is 23.1. The van der Waals surface area contributed by atoms with Crippen molar-refractivity contribution in [1.29, 1.82) is 0 Å². The van der Waals surface area contributed by atoms with E-state index < -0.39 is 56.8 Å². The van der Waals surface area contributed by atoms with E-state index in [1.165, 1.54) is 65.6 Å². The van der Waals surface area contributed by atoms with Gasteiger partial charge in [-0.05, 0) is 36.8 Å². The Morgan fingerprint density at radius 3 is 2.42 bits per heavy atom. The Bertz CT molecular complexity index is 1640. The summed E-state index contributed by atoms with van der Waals surface area (Å²) in [6, 6.07) is 7.24. The normalized spacial score (nSPS) is 14.6. The maximum absolute atomic E-state index is 15.3. The van der Waals surface area contributed by atoms with Crippen molar-refractivity contribution in [2.75, 3.05) is 13.4 Å². The first-order valence-corrected chi connectivity index (χ1v) is 14.3. The number of phosphoric ester groups is 1. The van der Waals surface area contributed by atoms with Gasteiger partial charge in [0.1, 0.15) is 42.0 Å². The standard InChI is InChI=1S/C26H25F6N6O6P/c1-17(38-15-34-23(36-38)9-4-18-2-6-20(7-3-18)42-12-26(31,32)24(29)30)25(11-37-14-33-13-35-37,43-16-44-45(39,40)41)21-8-5-19(27)10-22(21)28/h2-10,13-15,17,24H,11-12,16H2,1H3,(H2,39,40,41)/b9-4+/t17-,25-/m1/s1. The van der Waals surface area contributed by atoms with E-state index in [1.807, 2.05) is 0 Å². The Morgan fingerprint density at radius 2 is 1.80 bits per heavy atom. The van der Waals surface area contributed by atoms with Gasteiger partial charge in [0.05, 0.1) is 12.6 Å². The molecule has 4 rings (SSSR count). The first-order valence-electron chi connectivity index (χ1n) is 12.8. The molecule has 2 atom stereocenters. The van der Waals surface area contributed by atoms with Crippen LogP contribution < -0.4 is 4.74 Å². The first kappa shape index (κ1) is 33.8. The minimum absolute atomic E-state index is 0.0526. The summed E-state index contributed by atoms with van der Waals surface area (Å²) < 4.78 is 109. The van der Waals surface area contributed by atoms with Gasteiger partial charge in [-0.3, -0.25) is 4.52 Å². The van der Waals surface area contributed by atoms with Crippen LogP contribution in [-0.4, -0.2) is 65.1 Å². The van der Waals surface area contributed by atoms with Crippen molar-refractivity contribution >= 4 is 20.0 Å². The highest BCUT2D eigenvalue weighted by atomic mass is 31.2. The van der Waals surface area contributed by atoms with Gasteiger partial charge in [-0.1, -0.05) is 24.3 Å². The fourth-order valence-corrected chi connectivity index (χ4v) is 4.32. The summed E-state index contributed by atoms with van der Waals surface area (Å²) in [6.07, 6.45) is 2.91. The Kier molecular flexibility index (Phi) is 10.4. The van der Waals surface area contributed by atoms with Crippen molar-refractivity contribution in [2.24, 2.45) is 0 Å². The molecule has 0 unspecified atom stereocenters. The van der Waals surface area contributed by atoms with Crippen molar-refractivity contribution in [1.82, 2.24) is 29.5 Å². The van der Waals surface area contributed by atoms with Crippen LogP contribution in [0.15, 0.2) is 61.4 Å². The van der Waals surface area contributed by atoms with Crippen molar-refractivity contribution in [3.05, 3.63) is 90.0 Å². The molecule has 0 aliphatic carbocycles. The van der Waals surface area contributed by atoms with E-state index in [4.69, 9.17) is 9.47 Å². The van der Waals surface area contributed by atoms with Gasteiger partial charge in [0.2, 0.25) is 0 Å². The number of alkyl halides is 4. The van der Waals surface area contributed by atoms with E-state index in [1.54, 1.807) is 6.08 Å². The average molecular weight is 662 g/mol. The summed E-state index contributed by atoms with van der Waals surface area (Å²) in [5.41, 5.74) is -1.56. The molecule has 0 saturated carbocycles. The van der Waals surface area contributed by atoms with E-state index >= 15 is 4.39 Å². The average Bonchev–Trinajstić information content (AvgIpc) is 3.66. The quantitative estimate of drug-likeness (QED) is 0.103. The Labute approximate surface area is 251 Å². The number of benzene rings is 2. The van der Waals surface area contributed by atoms with Gasteiger partial charge in [-0.25, -0.2) is 41.5 Å². The fraction of sp³-hybridized carbons (Fsp3) is 0.308. The van der Waals surface area contributed by atoms with Crippen LogP contribution in [0.4, 0.5) is 26.3 Å². The second-order valence-electron chi connectivity index (χ2n) is 9.50. The van der Waals surface area contributed by atoms with Gasteiger partial charge in [0.25, 0.3) is 0 Å². The maximum Gasteiger partial charge on any atom is 0.471 e. The van der Waals surface area contributed by atoms with Crippen LogP contribution in [0, 0.1) is 11.6 Å². The molecular weight excluding hydrogens is 637 g/mol. The molecule has 0 amide bonds. The number of nitrogens with zero attached hydrogens (tertiary/aromatic N) is 6. The lowest BCUT2D eigenvalue weighted by Crippen LogP contribution is -2.44. The zero-order valence-corrected chi connectivity index (χ0v) is 24.0. The topological polar surface area (TPSA) is 147 Å². The third-order valence-electron chi connectivity index (χ3n) is 6.44. The summed E-state index contributed by atoms with van der Waals surface area (Å²) in [6.45, 7) is -1.27. The molecule has 45 heavy (non-hydrogen) atoms. The molecule has 242 valence electrons. The van der Waals surface area contributed by atoms with Crippen LogP contribution in [0.1, 0.15) is 29.9 Å². The molecule has 2 aromatic carbocycles. The largest absolute Gasteiger partial charge is 0.487 e. The van der Waals surface area contributed by atoms with Gasteiger partial charge < -0.3 is 19.3 Å². The number of rotatable bonds is 15. The third-order valence-corrected chi connectivity index (χ3v) is 6.88. The summed E-state index contributed by atoms with van der Waals surface area (Å²) in [5.74, 6) is -6.14. The second-order valence-corrected chi connectivity index (χ2v) is 10.7. The van der Waals surface area contributed by atoms with Gasteiger partial charge in [0.15, 0.2) is 19.2 Å². The molecule has 0 saturated heterocycles. The van der Waals surface area contributed by atoms with E-state index in [0.717, 1.165) is 12.1 Å². The number of halogens is 6. The third kappa shape index (κ3) is 8.76. The smallest absolute Gasteiger partial charge is 0.471 e. The van der Waals surface area contributed by atoms with Crippen LogP contribution in [0.5, 0.6) is 5.75 Å². The van der Waals surface area contributed by atoms with E-state index in [9.17, 15) is 36.3 Å². The second kappa shape index (κ2) is 13.9. The maximum atomic E-state index is 15.3. The molecular formula is C26H25F6N6O6P. The fourth-order valence-electron chi connectivity index (χ4n) is 4.13. The molecule has 0 fully saturated rings. The van der Waals surface area contributed by atoms with Crippen molar-refractivity contribution < 1.29 is 54.7 Å². The highest BCUT2D eigenvalue weighted by Gasteiger charge is 2.45. The van der Waals surface area contributed by atoms with Crippen molar-refractivity contribution in [3.63, 3.8) is 0 Å². The predicted octanol–water partition coefficient (Wildman–Crippen LogP) is 4.84.